The molecule has 0 amide bonds. The Labute approximate surface area is 94.6 Å². The van der Waals surface area contributed by atoms with Gasteiger partial charge in [-0.2, -0.15) is 5.26 Å². The number of pyridine rings is 1. The summed E-state index contributed by atoms with van der Waals surface area (Å²) in [6, 6.07) is 2.05. The molecule has 0 aliphatic rings. The first kappa shape index (κ1) is 13.0. The Kier molecular flexibility index (Phi) is 4.04. The highest BCUT2D eigenvalue weighted by Gasteiger charge is 2.20. The third kappa shape index (κ3) is 2.93. The summed E-state index contributed by atoms with van der Waals surface area (Å²) in [5, 5.41) is 8.53. The van der Waals surface area contributed by atoms with Crippen molar-refractivity contribution in [3.05, 3.63) is 28.8 Å². The minimum atomic E-state index is -3.01. The van der Waals surface area contributed by atoms with Crippen molar-refractivity contribution in [3.8, 4) is 6.07 Å². The Morgan fingerprint density at radius 1 is 1.65 bits per heavy atom. The lowest BCUT2D eigenvalue weighted by molar-refractivity contribution is -0.139. The van der Waals surface area contributed by atoms with E-state index in [4.69, 9.17) is 5.26 Å². The molecule has 1 rings (SSSR count). The zero-order chi connectivity index (χ0) is 13.0. The molecule has 0 radical (unpaired) electrons. The Morgan fingerprint density at radius 3 is 2.76 bits per heavy atom. The summed E-state index contributed by atoms with van der Waals surface area (Å²) in [7, 11) is 1.08. The van der Waals surface area contributed by atoms with Crippen molar-refractivity contribution in [3.63, 3.8) is 0 Å². The van der Waals surface area contributed by atoms with E-state index in [1.54, 1.807) is 0 Å². The lowest BCUT2D eigenvalue weighted by atomic mass is 10.1. The van der Waals surface area contributed by atoms with Crippen LogP contribution in [0.1, 0.15) is 23.4 Å². The van der Waals surface area contributed by atoms with Gasteiger partial charge >= 0.3 is 5.97 Å². The molecule has 0 aromatic carbocycles. The van der Waals surface area contributed by atoms with E-state index >= 15 is 0 Å². The number of carbonyl (C=O) groups excluding carboxylic acids is 1. The first-order valence-electron chi connectivity index (χ1n) is 4.44. The van der Waals surface area contributed by atoms with Crippen LogP contribution >= 0.6 is 0 Å². The lowest BCUT2D eigenvalue weighted by Crippen LogP contribution is -2.10. The van der Waals surface area contributed by atoms with Crippen molar-refractivity contribution >= 4 is 5.97 Å². The SMILES string of the molecule is COC(=O)Cc1nc(C(F)F)c(C#N)cc1F. The fraction of sp³-hybridized carbons (Fsp3) is 0.300. The molecule has 0 saturated heterocycles. The van der Waals surface area contributed by atoms with E-state index in [2.05, 4.69) is 9.72 Å². The Hall–Kier alpha value is -2.10. The largest absolute Gasteiger partial charge is 0.469 e. The van der Waals surface area contributed by atoms with Crippen LogP contribution in [0, 0.1) is 17.1 Å². The number of aromatic nitrogens is 1. The minimum Gasteiger partial charge on any atom is -0.469 e. The van der Waals surface area contributed by atoms with Gasteiger partial charge in [0.05, 0.1) is 24.8 Å². The lowest BCUT2D eigenvalue weighted by Gasteiger charge is -2.06. The highest BCUT2D eigenvalue weighted by molar-refractivity contribution is 5.71. The number of rotatable bonds is 3. The number of alkyl halides is 2. The molecule has 17 heavy (non-hydrogen) atoms. The molecule has 0 spiro atoms. The van der Waals surface area contributed by atoms with Crippen LogP contribution in [0.4, 0.5) is 13.2 Å². The molecule has 4 nitrogen and oxygen atoms in total. The van der Waals surface area contributed by atoms with E-state index < -0.39 is 41.6 Å². The fourth-order valence-corrected chi connectivity index (χ4v) is 1.13. The summed E-state index contributed by atoms with van der Waals surface area (Å²) in [6.45, 7) is 0. The summed E-state index contributed by atoms with van der Waals surface area (Å²) in [5.74, 6) is -1.79. The first-order valence-corrected chi connectivity index (χ1v) is 4.44. The molecule has 1 heterocycles. The molecular formula is C10H7F3N2O2. The number of carbonyl (C=O) groups is 1. The maximum absolute atomic E-state index is 13.3. The number of nitriles is 1. The molecule has 0 aliphatic heterocycles. The molecule has 0 atom stereocenters. The summed E-state index contributed by atoms with van der Waals surface area (Å²) < 4.78 is 42.6. The van der Waals surface area contributed by atoms with Crippen LogP contribution in [-0.4, -0.2) is 18.1 Å². The maximum atomic E-state index is 13.3. The van der Waals surface area contributed by atoms with Gasteiger partial charge in [0.1, 0.15) is 17.6 Å². The van der Waals surface area contributed by atoms with Gasteiger partial charge in [-0.3, -0.25) is 4.79 Å². The third-order valence-corrected chi connectivity index (χ3v) is 1.94. The van der Waals surface area contributed by atoms with Crippen LogP contribution < -0.4 is 0 Å². The van der Waals surface area contributed by atoms with E-state index in [-0.39, 0.29) is 0 Å². The number of esters is 1. The average Bonchev–Trinajstić information content (AvgIpc) is 2.30. The molecule has 0 unspecified atom stereocenters. The maximum Gasteiger partial charge on any atom is 0.311 e. The van der Waals surface area contributed by atoms with Gasteiger partial charge in [0, 0.05) is 0 Å². The van der Waals surface area contributed by atoms with Gasteiger partial charge in [-0.1, -0.05) is 0 Å². The molecule has 0 bridgehead atoms. The minimum absolute atomic E-state index is 0.467. The van der Waals surface area contributed by atoms with Crippen molar-refractivity contribution in [2.75, 3.05) is 7.11 Å². The van der Waals surface area contributed by atoms with Gasteiger partial charge in [-0.05, 0) is 6.07 Å². The van der Waals surface area contributed by atoms with E-state index in [0.29, 0.717) is 6.07 Å². The van der Waals surface area contributed by atoms with E-state index in [9.17, 15) is 18.0 Å². The molecule has 90 valence electrons. The zero-order valence-corrected chi connectivity index (χ0v) is 8.71. The standard InChI is InChI=1S/C10H7F3N2O2/c1-17-8(16)3-7-6(11)2-5(4-14)9(15-7)10(12)13/h2,10H,3H2,1H3. The van der Waals surface area contributed by atoms with Gasteiger partial charge in [-0.25, -0.2) is 18.2 Å². The van der Waals surface area contributed by atoms with Crippen molar-refractivity contribution in [2.24, 2.45) is 0 Å². The number of hydrogen-bond donors (Lipinski definition) is 0. The summed E-state index contributed by atoms with van der Waals surface area (Å²) in [6.07, 6.45) is -3.57. The van der Waals surface area contributed by atoms with E-state index in [1.165, 1.54) is 6.07 Å². The molecule has 0 fully saturated rings. The number of halogens is 3. The number of methoxy groups -OCH3 is 1. The van der Waals surface area contributed by atoms with Crippen molar-refractivity contribution in [1.29, 1.82) is 5.26 Å². The second kappa shape index (κ2) is 5.30. The van der Waals surface area contributed by atoms with E-state index in [1.807, 2.05) is 0 Å². The monoisotopic (exact) mass is 244 g/mol. The number of hydrogen-bond acceptors (Lipinski definition) is 4. The van der Waals surface area contributed by atoms with Crippen LogP contribution in [-0.2, 0) is 16.0 Å². The zero-order valence-electron chi connectivity index (χ0n) is 8.71. The molecule has 0 saturated carbocycles. The topological polar surface area (TPSA) is 63.0 Å². The van der Waals surface area contributed by atoms with Gasteiger partial charge in [0.2, 0.25) is 0 Å². The van der Waals surface area contributed by atoms with Crippen molar-refractivity contribution < 1.29 is 22.7 Å². The molecule has 0 N–H and O–H groups in total. The molecule has 0 aliphatic carbocycles. The van der Waals surface area contributed by atoms with Crippen LogP contribution in [0.3, 0.4) is 0 Å². The van der Waals surface area contributed by atoms with Gasteiger partial charge < -0.3 is 4.74 Å². The Balaban J connectivity index is 3.21. The highest BCUT2D eigenvalue weighted by Crippen LogP contribution is 2.22. The molecule has 1 aromatic rings. The molecule has 7 heteroatoms. The summed E-state index contributed by atoms with van der Waals surface area (Å²) >= 11 is 0. The molecule has 1 aromatic heterocycles. The van der Waals surface area contributed by atoms with Gasteiger partial charge in [0.25, 0.3) is 6.43 Å². The highest BCUT2D eigenvalue weighted by atomic mass is 19.3. The normalized spacial score (nSPS) is 10.1. The van der Waals surface area contributed by atoms with Crippen LogP contribution in [0.5, 0.6) is 0 Å². The first-order chi connectivity index (χ1) is 7.99. The summed E-state index contributed by atoms with van der Waals surface area (Å²) in [5.41, 5.74) is -1.86. The van der Waals surface area contributed by atoms with Crippen molar-refractivity contribution in [2.45, 2.75) is 12.8 Å². The van der Waals surface area contributed by atoms with Crippen LogP contribution in [0.15, 0.2) is 6.07 Å². The number of ether oxygens (including phenoxy) is 1. The third-order valence-electron chi connectivity index (χ3n) is 1.94. The van der Waals surface area contributed by atoms with Crippen LogP contribution in [0.2, 0.25) is 0 Å². The summed E-state index contributed by atoms with van der Waals surface area (Å²) in [4.78, 5) is 14.2. The van der Waals surface area contributed by atoms with Gasteiger partial charge in [0.15, 0.2) is 0 Å². The fourth-order valence-electron chi connectivity index (χ4n) is 1.13. The Bertz CT molecular complexity index is 483. The molecular weight excluding hydrogens is 237 g/mol. The number of nitrogens with zero attached hydrogens (tertiary/aromatic N) is 2. The average molecular weight is 244 g/mol. The predicted molar refractivity (Wildman–Crippen MR) is 49.6 cm³/mol. The van der Waals surface area contributed by atoms with E-state index in [0.717, 1.165) is 7.11 Å². The Morgan fingerprint density at radius 2 is 2.29 bits per heavy atom. The smallest absolute Gasteiger partial charge is 0.311 e. The second-order valence-electron chi connectivity index (χ2n) is 3.02. The quantitative estimate of drug-likeness (QED) is 0.760. The van der Waals surface area contributed by atoms with Crippen molar-refractivity contribution in [1.82, 2.24) is 4.98 Å². The predicted octanol–water partition coefficient (Wildman–Crippen LogP) is 1.75. The van der Waals surface area contributed by atoms with Gasteiger partial charge in [-0.15, -0.1) is 0 Å². The van der Waals surface area contributed by atoms with Crippen LogP contribution in [0.25, 0.3) is 0 Å². The second-order valence-corrected chi connectivity index (χ2v) is 3.02.